The van der Waals surface area contributed by atoms with Crippen molar-refractivity contribution >= 4 is 6.21 Å². The van der Waals surface area contributed by atoms with E-state index in [0.717, 1.165) is 18.7 Å². The maximum Gasteiger partial charge on any atom is 0.0561 e. The molecule has 0 saturated carbocycles. The third-order valence-corrected chi connectivity index (χ3v) is 1.21. The zero-order valence-electron chi connectivity index (χ0n) is 6.17. The Morgan fingerprint density at radius 2 is 2.60 bits per heavy atom. The van der Waals surface area contributed by atoms with Gasteiger partial charge in [0.25, 0.3) is 0 Å². The lowest BCUT2D eigenvalue weighted by Gasteiger charge is -1.84. The number of aromatic amines is 1. The lowest BCUT2D eigenvalue weighted by atomic mass is 10.4. The van der Waals surface area contributed by atoms with Gasteiger partial charge in [0.05, 0.1) is 5.69 Å². The normalized spacial score (nSPS) is 10.9. The molecular weight excluding hydrogens is 124 g/mol. The summed E-state index contributed by atoms with van der Waals surface area (Å²) in [5.41, 5.74) is 1.08. The molecule has 1 rings (SSSR count). The molecule has 0 atom stereocenters. The van der Waals surface area contributed by atoms with Crippen LogP contribution in [-0.4, -0.2) is 17.7 Å². The molecule has 0 bridgehead atoms. The van der Waals surface area contributed by atoms with E-state index in [1.54, 1.807) is 0 Å². The number of aromatic nitrogens is 1. The van der Waals surface area contributed by atoms with E-state index in [2.05, 4.69) is 16.9 Å². The Bertz CT molecular complexity index is 187. The van der Waals surface area contributed by atoms with Crippen molar-refractivity contribution in [2.75, 3.05) is 6.54 Å². The maximum absolute atomic E-state index is 4.18. The van der Waals surface area contributed by atoms with Crippen LogP contribution in [0.15, 0.2) is 23.3 Å². The molecule has 1 aromatic heterocycles. The number of hydrogen-bond acceptors (Lipinski definition) is 1. The minimum Gasteiger partial charge on any atom is -0.360 e. The van der Waals surface area contributed by atoms with Crippen molar-refractivity contribution in [2.24, 2.45) is 4.99 Å². The van der Waals surface area contributed by atoms with Crippen molar-refractivity contribution in [3.05, 3.63) is 24.0 Å². The first kappa shape index (κ1) is 7.06. The molecule has 0 aliphatic carbocycles. The Kier molecular flexibility index (Phi) is 2.74. The summed E-state index contributed by atoms with van der Waals surface area (Å²) in [6, 6.07) is 3.96. The molecule has 0 fully saturated rings. The lowest BCUT2D eigenvalue weighted by molar-refractivity contribution is 0.936. The minimum atomic E-state index is 0.916. The average Bonchev–Trinajstić information content (AvgIpc) is 2.41. The third-order valence-electron chi connectivity index (χ3n) is 1.21. The van der Waals surface area contributed by atoms with Crippen LogP contribution in [0.2, 0.25) is 0 Å². The van der Waals surface area contributed by atoms with E-state index in [0.29, 0.717) is 0 Å². The summed E-state index contributed by atoms with van der Waals surface area (Å²) in [5, 5.41) is 0. The van der Waals surface area contributed by atoms with Crippen LogP contribution in [-0.2, 0) is 0 Å². The van der Waals surface area contributed by atoms with Crippen LogP contribution >= 0.6 is 0 Å². The molecule has 0 saturated heterocycles. The molecule has 2 nitrogen and oxygen atoms in total. The van der Waals surface area contributed by atoms with Gasteiger partial charge in [0.1, 0.15) is 0 Å². The van der Waals surface area contributed by atoms with Gasteiger partial charge < -0.3 is 4.98 Å². The summed E-state index contributed by atoms with van der Waals surface area (Å²) in [6.07, 6.45) is 4.87. The topological polar surface area (TPSA) is 28.1 Å². The number of rotatable bonds is 3. The second kappa shape index (κ2) is 3.88. The zero-order valence-corrected chi connectivity index (χ0v) is 6.17. The summed E-state index contributed by atoms with van der Waals surface area (Å²) in [5.74, 6) is 0. The number of nitrogens with zero attached hydrogens (tertiary/aromatic N) is 1. The third kappa shape index (κ3) is 2.05. The van der Waals surface area contributed by atoms with Gasteiger partial charge in [-0.15, -0.1) is 0 Å². The van der Waals surface area contributed by atoms with Gasteiger partial charge in [-0.2, -0.15) is 0 Å². The second-order valence-corrected chi connectivity index (χ2v) is 2.16. The summed E-state index contributed by atoms with van der Waals surface area (Å²) >= 11 is 0. The monoisotopic (exact) mass is 136 g/mol. The van der Waals surface area contributed by atoms with Crippen molar-refractivity contribution in [1.29, 1.82) is 0 Å². The molecule has 0 aliphatic rings. The van der Waals surface area contributed by atoms with E-state index in [1.165, 1.54) is 0 Å². The quantitative estimate of drug-likeness (QED) is 0.614. The Labute approximate surface area is 61.0 Å². The first-order valence-electron chi connectivity index (χ1n) is 3.56. The van der Waals surface area contributed by atoms with Crippen molar-refractivity contribution in [3.8, 4) is 0 Å². The van der Waals surface area contributed by atoms with Crippen LogP contribution < -0.4 is 0 Å². The Balaban J connectivity index is 2.40. The van der Waals surface area contributed by atoms with Gasteiger partial charge in [0.15, 0.2) is 0 Å². The fourth-order valence-electron chi connectivity index (χ4n) is 0.717. The molecule has 0 aromatic carbocycles. The van der Waals surface area contributed by atoms with E-state index in [4.69, 9.17) is 0 Å². The molecule has 54 valence electrons. The highest BCUT2D eigenvalue weighted by atomic mass is 14.7. The Hall–Kier alpha value is -1.05. The highest BCUT2D eigenvalue weighted by molar-refractivity contribution is 5.76. The molecule has 0 aliphatic heterocycles. The number of H-pyrrole nitrogens is 1. The van der Waals surface area contributed by atoms with Gasteiger partial charge in [-0.05, 0) is 18.6 Å². The largest absolute Gasteiger partial charge is 0.360 e. The lowest BCUT2D eigenvalue weighted by Crippen LogP contribution is -1.81. The number of aliphatic imine (C=N–C) groups is 1. The first-order chi connectivity index (χ1) is 4.93. The van der Waals surface area contributed by atoms with E-state index in [1.807, 2.05) is 24.5 Å². The SMILES string of the molecule is CCC/N=C/c1ccc[nH]1. The van der Waals surface area contributed by atoms with Gasteiger partial charge >= 0.3 is 0 Å². The van der Waals surface area contributed by atoms with Gasteiger partial charge in [0, 0.05) is 19.0 Å². The highest BCUT2D eigenvalue weighted by Gasteiger charge is 1.82. The molecule has 0 radical (unpaired) electrons. The van der Waals surface area contributed by atoms with Crippen molar-refractivity contribution in [3.63, 3.8) is 0 Å². The van der Waals surface area contributed by atoms with Crippen LogP contribution in [0, 0.1) is 0 Å². The van der Waals surface area contributed by atoms with Crippen molar-refractivity contribution in [1.82, 2.24) is 4.98 Å². The van der Waals surface area contributed by atoms with E-state index in [9.17, 15) is 0 Å². The Morgan fingerprint density at radius 3 is 3.20 bits per heavy atom. The molecular formula is C8H12N2. The standard InChI is InChI=1S/C8H12N2/c1-2-5-9-7-8-4-3-6-10-8/h3-4,6-7,10H,2,5H2,1H3/b9-7+. The summed E-state index contributed by atoms with van der Waals surface area (Å²) in [6.45, 7) is 3.03. The van der Waals surface area contributed by atoms with Crippen LogP contribution in [0.3, 0.4) is 0 Å². The molecule has 0 unspecified atom stereocenters. The fourth-order valence-corrected chi connectivity index (χ4v) is 0.717. The Morgan fingerprint density at radius 1 is 1.70 bits per heavy atom. The summed E-state index contributed by atoms with van der Waals surface area (Å²) in [7, 11) is 0. The minimum absolute atomic E-state index is 0.916. The van der Waals surface area contributed by atoms with Crippen LogP contribution in [0.5, 0.6) is 0 Å². The smallest absolute Gasteiger partial charge is 0.0561 e. The first-order valence-corrected chi connectivity index (χ1v) is 3.56. The van der Waals surface area contributed by atoms with Crippen LogP contribution in [0.1, 0.15) is 19.0 Å². The van der Waals surface area contributed by atoms with Crippen molar-refractivity contribution < 1.29 is 0 Å². The summed E-state index contributed by atoms with van der Waals surface area (Å²) < 4.78 is 0. The molecule has 2 heteroatoms. The predicted molar refractivity (Wildman–Crippen MR) is 43.5 cm³/mol. The summed E-state index contributed by atoms with van der Waals surface area (Å²) in [4.78, 5) is 7.22. The predicted octanol–water partition coefficient (Wildman–Crippen LogP) is 1.84. The molecule has 1 heterocycles. The average molecular weight is 136 g/mol. The van der Waals surface area contributed by atoms with E-state index < -0.39 is 0 Å². The molecule has 1 N–H and O–H groups in total. The van der Waals surface area contributed by atoms with Crippen LogP contribution in [0.4, 0.5) is 0 Å². The molecule has 1 aromatic rings. The molecule has 0 spiro atoms. The van der Waals surface area contributed by atoms with Gasteiger partial charge in [-0.25, -0.2) is 0 Å². The van der Waals surface area contributed by atoms with E-state index in [-0.39, 0.29) is 0 Å². The molecule has 0 amide bonds. The maximum atomic E-state index is 4.18. The van der Waals surface area contributed by atoms with Gasteiger partial charge in [-0.1, -0.05) is 6.92 Å². The van der Waals surface area contributed by atoms with Gasteiger partial charge in [-0.3, -0.25) is 4.99 Å². The highest BCUT2D eigenvalue weighted by Crippen LogP contribution is 1.89. The second-order valence-electron chi connectivity index (χ2n) is 2.16. The van der Waals surface area contributed by atoms with Crippen molar-refractivity contribution in [2.45, 2.75) is 13.3 Å². The molecule has 10 heavy (non-hydrogen) atoms. The van der Waals surface area contributed by atoms with Gasteiger partial charge in [0.2, 0.25) is 0 Å². The number of nitrogens with one attached hydrogen (secondary N) is 1. The zero-order chi connectivity index (χ0) is 7.23. The number of hydrogen-bond donors (Lipinski definition) is 1. The van der Waals surface area contributed by atoms with Crippen LogP contribution in [0.25, 0.3) is 0 Å². The fraction of sp³-hybridized carbons (Fsp3) is 0.375. The van der Waals surface area contributed by atoms with E-state index >= 15 is 0 Å².